The van der Waals surface area contributed by atoms with Gasteiger partial charge in [0.15, 0.2) is 5.78 Å². The molecule has 0 aliphatic carbocycles. The zero-order valence-corrected chi connectivity index (χ0v) is 15.9. The van der Waals surface area contributed by atoms with Crippen LogP contribution in [0, 0.1) is 6.92 Å². The summed E-state index contributed by atoms with van der Waals surface area (Å²) in [4.78, 5) is 13.2. The quantitative estimate of drug-likeness (QED) is 0.327. The van der Waals surface area contributed by atoms with Crippen LogP contribution >= 0.6 is 11.8 Å². The molecule has 0 unspecified atom stereocenters. The number of para-hydroxylation sites is 1. The van der Waals surface area contributed by atoms with Gasteiger partial charge in [-0.05, 0) is 18.6 Å². The molecule has 0 amide bonds. The summed E-state index contributed by atoms with van der Waals surface area (Å²) in [6.07, 6.45) is 0. The molecule has 136 valence electrons. The van der Waals surface area contributed by atoms with Gasteiger partial charge < -0.3 is 10.4 Å². The van der Waals surface area contributed by atoms with E-state index in [0.717, 1.165) is 27.7 Å². The van der Waals surface area contributed by atoms with Gasteiger partial charge in [0.05, 0.1) is 17.0 Å². The SMILES string of the molecule is Cc1nnc(SCC(=O)c2c(-c3ccccc3)n(C)c3ccccc23)n1N. The molecule has 0 bridgehead atoms. The Morgan fingerprint density at radius 2 is 1.78 bits per heavy atom. The Balaban J connectivity index is 1.78. The van der Waals surface area contributed by atoms with Crippen molar-refractivity contribution in [2.45, 2.75) is 12.1 Å². The lowest BCUT2D eigenvalue weighted by Crippen LogP contribution is -2.13. The summed E-state index contributed by atoms with van der Waals surface area (Å²) in [5.41, 5.74) is 3.70. The third-order valence-corrected chi connectivity index (χ3v) is 5.54. The number of nitrogen functional groups attached to an aromatic ring is 1. The van der Waals surface area contributed by atoms with Crippen LogP contribution in [-0.2, 0) is 7.05 Å². The number of nitrogens with two attached hydrogens (primary N) is 1. The van der Waals surface area contributed by atoms with Gasteiger partial charge in [0.2, 0.25) is 5.16 Å². The van der Waals surface area contributed by atoms with Gasteiger partial charge in [-0.15, -0.1) is 10.2 Å². The minimum Gasteiger partial charge on any atom is -0.343 e. The van der Waals surface area contributed by atoms with Gasteiger partial charge in [0.1, 0.15) is 5.82 Å². The molecule has 0 radical (unpaired) electrons. The molecule has 4 aromatic rings. The minimum absolute atomic E-state index is 0.0382. The van der Waals surface area contributed by atoms with Gasteiger partial charge in [0, 0.05) is 18.0 Å². The molecular weight excluding hydrogens is 358 g/mol. The van der Waals surface area contributed by atoms with Crippen LogP contribution in [0.1, 0.15) is 16.2 Å². The Bertz CT molecular complexity index is 1130. The van der Waals surface area contributed by atoms with Crippen molar-refractivity contribution < 1.29 is 4.79 Å². The second kappa shape index (κ2) is 6.92. The van der Waals surface area contributed by atoms with Crippen molar-refractivity contribution in [3.8, 4) is 11.3 Å². The summed E-state index contributed by atoms with van der Waals surface area (Å²) in [5.74, 6) is 6.79. The normalized spacial score (nSPS) is 11.2. The van der Waals surface area contributed by atoms with Crippen molar-refractivity contribution >= 4 is 28.4 Å². The first-order valence-electron chi connectivity index (χ1n) is 8.54. The second-order valence-corrected chi connectivity index (χ2v) is 7.22. The van der Waals surface area contributed by atoms with Crippen LogP contribution in [0.25, 0.3) is 22.2 Å². The first-order chi connectivity index (χ1) is 13.1. The van der Waals surface area contributed by atoms with E-state index < -0.39 is 0 Å². The van der Waals surface area contributed by atoms with Gasteiger partial charge in [-0.2, -0.15) is 0 Å². The molecule has 0 saturated carbocycles. The summed E-state index contributed by atoms with van der Waals surface area (Å²) in [7, 11) is 1.99. The second-order valence-electron chi connectivity index (χ2n) is 6.28. The first-order valence-corrected chi connectivity index (χ1v) is 9.52. The standard InChI is InChI=1S/C20H19N5OS/c1-13-22-23-20(25(13)21)27-12-17(26)18-15-10-6-7-11-16(15)24(2)19(18)14-8-4-3-5-9-14/h3-11H,12,21H2,1-2H3. The van der Waals surface area contributed by atoms with E-state index in [1.54, 1.807) is 6.92 Å². The molecule has 0 aliphatic heterocycles. The zero-order chi connectivity index (χ0) is 19.0. The number of Topliss-reactive ketones (excluding diaryl/α,β-unsaturated/α-hetero) is 1. The molecule has 2 N–H and O–H groups in total. The average Bonchev–Trinajstić information content (AvgIpc) is 3.18. The number of ketones is 1. The van der Waals surface area contributed by atoms with Crippen molar-refractivity contribution in [1.29, 1.82) is 0 Å². The maximum atomic E-state index is 13.2. The largest absolute Gasteiger partial charge is 0.343 e. The van der Waals surface area contributed by atoms with Crippen molar-refractivity contribution in [1.82, 2.24) is 19.4 Å². The molecule has 0 spiro atoms. The van der Waals surface area contributed by atoms with Crippen LogP contribution < -0.4 is 5.84 Å². The highest BCUT2D eigenvalue weighted by Gasteiger charge is 2.22. The lowest BCUT2D eigenvalue weighted by Gasteiger charge is -2.08. The fourth-order valence-electron chi connectivity index (χ4n) is 3.26. The lowest BCUT2D eigenvalue weighted by molar-refractivity contribution is 0.102. The van der Waals surface area contributed by atoms with E-state index in [9.17, 15) is 4.79 Å². The summed E-state index contributed by atoms with van der Waals surface area (Å²) in [6, 6.07) is 18.0. The third kappa shape index (κ3) is 3.00. The molecule has 0 fully saturated rings. The number of benzene rings is 2. The number of rotatable bonds is 5. The summed E-state index contributed by atoms with van der Waals surface area (Å²) in [6.45, 7) is 1.77. The number of carbonyl (C=O) groups is 1. The topological polar surface area (TPSA) is 78.7 Å². The summed E-state index contributed by atoms with van der Waals surface area (Å²) < 4.78 is 3.48. The number of thioether (sulfide) groups is 1. The number of hydrogen-bond donors (Lipinski definition) is 1. The molecule has 2 aromatic carbocycles. The molecule has 7 heteroatoms. The highest BCUT2D eigenvalue weighted by atomic mass is 32.2. The monoisotopic (exact) mass is 377 g/mol. The van der Waals surface area contributed by atoms with Crippen molar-refractivity contribution in [2.24, 2.45) is 7.05 Å². The Morgan fingerprint density at radius 3 is 2.48 bits per heavy atom. The Labute approximate surface area is 161 Å². The Morgan fingerprint density at radius 1 is 1.07 bits per heavy atom. The average molecular weight is 377 g/mol. The molecule has 0 atom stereocenters. The first kappa shape index (κ1) is 17.4. The van der Waals surface area contributed by atoms with Crippen molar-refractivity contribution in [3.05, 3.63) is 66.0 Å². The van der Waals surface area contributed by atoms with Gasteiger partial charge in [0.25, 0.3) is 0 Å². The van der Waals surface area contributed by atoms with Crippen LogP contribution in [0.3, 0.4) is 0 Å². The van der Waals surface area contributed by atoms with Gasteiger partial charge in [-0.1, -0.05) is 60.3 Å². The number of fused-ring (bicyclic) bond motifs is 1. The fraction of sp³-hybridized carbons (Fsp3) is 0.150. The maximum absolute atomic E-state index is 13.2. The van der Waals surface area contributed by atoms with E-state index in [0.29, 0.717) is 11.0 Å². The number of carbonyl (C=O) groups excluding carboxylic acids is 1. The summed E-state index contributed by atoms with van der Waals surface area (Å²) in [5, 5.41) is 9.44. The summed E-state index contributed by atoms with van der Waals surface area (Å²) >= 11 is 1.30. The molecule has 0 aliphatic rings. The maximum Gasteiger partial charge on any atom is 0.210 e. The van der Waals surface area contributed by atoms with Gasteiger partial charge >= 0.3 is 0 Å². The molecule has 27 heavy (non-hydrogen) atoms. The van der Waals surface area contributed by atoms with E-state index in [-0.39, 0.29) is 11.5 Å². The predicted molar refractivity (Wildman–Crippen MR) is 108 cm³/mol. The van der Waals surface area contributed by atoms with Crippen LogP contribution in [0.5, 0.6) is 0 Å². The van der Waals surface area contributed by atoms with E-state index in [1.807, 2.05) is 61.6 Å². The molecule has 0 saturated heterocycles. The van der Waals surface area contributed by atoms with E-state index in [4.69, 9.17) is 5.84 Å². The van der Waals surface area contributed by atoms with Crippen LogP contribution in [0.2, 0.25) is 0 Å². The van der Waals surface area contributed by atoms with Crippen LogP contribution in [0.15, 0.2) is 59.8 Å². The van der Waals surface area contributed by atoms with Crippen molar-refractivity contribution in [2.75, 3.05) is 11.6 Å². The minimum atomic E-state index is 0.0382. The Kier molecular flexibility index (Phi) is 4.45. The fourth-order valence-corrected chi connectivity index (χ4v) is 4.03. The number of aryl methyl sites for hydroxylation is 2. The van der Waals surface area contributed by atoms with E-state index in [1.165, 1.54) is 16.4 Å². The van der Waals surface area contributed by atoms with E-state index >= 15 is 0 Å². The number of aromatic nitrogens is 4. The molecule has 2 aromatic heterocycles. The lowest BCUT2D eigenvalue weighted by atomic mass is 10.0. The highest BCUT2D eigenvalue weighted by molar-refractivity contribution is 7.99. The van der Waals surface area contributed by atoms with Gasteiger partial charge in [-0.3, -0.25) is 4.79 Å². The molecular formula is C20H19N5OS. The van der Waals surface area contributed by atoms with Crippen molar-refractivity contribution in [3.63, 3.8) is 0 Å². The zero-order valence-electron chi connectivity index (χ0n) is 15.1. The van der Waals surface area contributed by atoms with Crippen LogP contribution in [0.4, 0.5) is 0 Å². The smallest absolute Gasteiger partial charge is 0.210 e. The predicted octanol–water partition coefficient (Wildman–Crippen LogP) is 3.43. The molecule has 4 rings (SSSR count). The highest BCUT2D eigenvalue weighted by Crippen LogP contribution is 2.34. The van der Waals surface area contributed by atoms with Crippen LogP contribution in [-0.4, -0.2) is 31.0 Å². The number of nitrogens with zero attached hydrogens (tertiary/aromatic N) is 4. The third-order valence-electron chi connectivity index (χ3n) is 4.60. The number of hydrogen-bond acceptors (Lipinski definition) is 5. The Hall–Kier alpha value is -3.06. The van der Waals surface area contributed by atoms with Gasteiger partial charge in [-0.25, -0.2) is 4.68 Å². The van der Waals surface area contributed by atoms with E-state index in [2.05, 4.69) is 14.8 Å². The molecule has 2 heterocycles. The molecule has 6 nitrogen and oxygen atoms in total.